The lowest BCUT2D eigenvalue weighted by molar-refractivity contribution is 0.0412. The van der Waals surface area contributed by atoms with Gasteiger partial charge in [-0.1, -0.05) is 16.4 Å². The van der Waals surface area contributed by atoms with Crippen molar-refractivity contribution in [1.29, 1.82) is 0 Å². The molecule has 5 rings (SSSR count). The quantitative estimate of drug-likeness (QED) is 0.288. The average Bonchev–Trinajstić information content (AvgIpc) is 3.67. The predicted molar refractivity (Wildman–Crippen MR) is 118 cm³/mol. The van der Waals surface area contributed by atoms with Gasteiger partial charge in [0, 0.05) is 21.9 Å². The number of rotatable bonds is 8. The zero-order chi connectivity index (χ0) is 23.3. The lowest BCUT2D eigenvalue weighted by Crippen LogP contribution is -2.13. The van der Waals surface area contributed by atoms with E-state index >= 15 is 0 Å². The fraction of sp³-hybridized carbons (Fsp3) is 0.0952. The van der Waals surface area contributed by atoms with Crippen LogP contribution in [0.1, 0.15) is 32.8 Å². The largest absolute Gasteiger partial charge is 0.451 e. The van der Waals surface area contributed by atoms with Crippen LogP contribution in [0.3, 0.4) is 0 Å². The molecule has 0 aliphatic rings. The van der Waals surface area contributed by atoms with Gasteiger partial charge in [0.25, 0.3) is 11.8 Å². The Hall–Kier alpha value is -4.23. The number of ether oxygens (including phenoxy) is 2. The van der Waals surface area contributed by atoms with Crippen molar-refractivity contribution >= 4 is 34.6 Å². The molecule has 5 aromatic heterocycles. The van der Waals surface area contributed by atoms with Gasteiger partial charge in [-0.05, 0) is 35.0 Å². The SMILES string of the molecule is O=C(OCc1nc(-c2ccsc2)no1)c1cccc(C(=O)OCc2nc(-c3ccsc3)no2)n1. The van der Waals surface area contributed by atoms with Crippen molar-refractivity contribution < 1.29 is 28.1 Å². The Kier molecular flexibility index (Phi) is 6.18. The lowest BCUT2D eigenvalue weighted by atomic mass is 10.3. The Morgan fingerprint density at radius 1 is 0.735 bits per heavy atom. The summed E-state index contributed by atoms with van der Waals surface area (Å²) < 4.78 is 20.5. The molecule has 5 aromatic rings. The van der Waals surface area contributed by atoms with E-state index in [0.29, 0.717) is 11.6 Å². The fourth-order valence-corrected chi connectivity index (χ4v) is 3.98. The minimum Gasteiger partial charge on any atom is -0.451 e. The average molecular weight is 495 g/mol. The maximum Gasteiger partial charge on any atom is 0.357 e. The molecule has 0 radical (unpaired) electrons. The summed E-state index contributed by atoms with van der Waals surface area (Å²) >= 11 is 3.00. The highest BCUT2D eigenvalue weighted by Gasteiger charge is 2.18. The van der Waals surface area contributed by atoms with E-state index < -0.39 is 11.9 Å². The van der Waals surface area contributed by atoms with Crippen LogP contribution in [0.25, 0.3) is 22.8 Å². The summed E-state index contributed by atoms with van der Waals surface area (Å²) in [6.45, 7) is -0.480. The van der Waals surface area contributed by atoms with Gasteiger partial charge in [0.15, 0.2) is 13.2 Å². The van der Waals surface area contributed by atoms with E-state index in [-0.39, 0.29) is 36.4 Å². The summed E-state index contributed by atoms with van der Waals surface area (Å²) in [6, 6.07) is 8.01. The van der Waals surface area contributed by atoms with Crippen molar-refractivity contribution in [3.8, 4) is 22.8 Å². The molecule has 13 heteroatoms. The molecule has 0 saturated heterocycles. The molecule has 0 unspecified atom stereocenters. The molecule has 0 fully saturated rings. The third kappa shape index (κ3) is 4.89. The van der Waals surface area contributed by atoms with Gasteiger partial charge < -0.3 is 18.5 Å². The van der Waals surface area contributed by atoms with Gasteiger partial charge in [-0.25, -0.2) is 14.6 Å². The predicted octanol–water partition coefficient (Wildman–Crippen LogP) is 4.02. The molecule has 0 saturated carbocycles. The van der Waals surface area contributed by atoms with E-state index in [4.69, 9.17) is 18.5 Å². The number of pyridine rings is 1. The molecule has 170 valence electrons. The Bertz CT molecular complexity index is 1310. The summed E-state index contributed by atoms with van der Waals surface area (Å²) in [7, 11) is 0. The minimum absolute atomic E-state index is 0.0791. The van der Waals surface area contributed by atoms with Gasteiger partial charge in [-0.15, -0.1) is 0 Å². The van der Waals surface area contributed by atoms with Crippen LogP contribution in [0, 0.1) is 0 Å². The highest BCUT2D eigenvalue weighted by atomic mass is 32.1. The van der Waals surface area contributed by atoms with Crippen molar-refractivity contribution in [2.75, 3.05) is 0 Å². The van der Waals surface area contributed by atoms with Crippen molar-refractivity contribution in [1.82, 2.24) is 25.3 Å². The van der Waals surface area contributed by atoms with E-state index in [2.05, 4.69) is 25.3 Å². The monoisotopic (exact) mass is 495 g/mol. The normalized spacial score (nSPS) is 10.8. The number of hydrogen-bond donors (Lipinski definition) is 0. The van der Waals surface area contributed by atoms with Crippen LogP contribution in [0.15, 0.2) is 60.9 Å². The number of thiophene rings is 2. The first-order valence-electron chi connectivity index (χ1n) is 9.67. The van der Waals surface area contributed by atoms with Crippen LogP contribution in [-0.2, 0) is 22.7 Å². The van der Waals surface area contributed by atoms with Crippen LogP contribution < -0.4 is 0 Å². The fourth-order valence-electron chi connectivity index (χ4n) is 2.71. The Balaban J connectivity index is 1.16. The molecule has 0 bridgehead atoms. The number of carbonyl (C=O) groups excluding carboxylic acids is 2. The molecule has 0 aromatic carbocycles. The Morgan fingerprint density at radius 3 is 1.68 bits per heavy atom. The highest BCUT2D eigenvalue weighted by Crippen LogP contribution is 2.20. The molecule has 0 amide bonds. The molecule has 0 atom stereocenters. The van der Waals surface area contributed by atoms with Crippen LogP contribution >= 0.6 is 22.7 Å². The Labute approximate surface area is 199 Å². The van der Waals surface area contributed by atoms with Gasteiger partial charge in [-0.3, -0.25) is 0 Å². The van der Waals surface area contributed by atoms with Crippen molar-refractivity contribution in [2.45, 2.75) is 13.2 Å². The number of nitrogens with zero attached hydrogens (tertiary/aromatic N) is 5. The van der Waals surface area contributed by atoms with Crippen LogP contribution in [-0.4, -0.2) is 37.2 Å². The molecule has 5 heterocycles. The molecule has 0 aliphatic heterocycles. The summed E-state index contributed by atoms with van der Waals surface area (Å²) in [5.74, 6) is -0.458. The molecule has 34 heavy (non-hydrogen) atoms. The third-order valence-electron chi connectivity index (χ3n) is 4.32. The second-order valence-electron chi connectivity index (χ2n) is 6.61. The summed E-state index contributed by atoms with van der Waals surface area (Å²) in [4.78, 5) is 37.1. The first-order valence-corrected chi connectivity index (χ1v) is 11.6. The summed E-state index contributed by atoms with van der Waals surface area (Å²) in [5, 5.41) is 15.2. The van der Waals surface area contributed by atoms with Gasteiger partial charge in [-0.2, -0.15) is 32.6 Å². The van der Waals surface area contributed by atoms with Gasteiger partial charge >= 0.3 is 11.9 Å². The maximum absolute atomic E-state index is 12.4. The molecule has 0 aliphatic carbocycles. The van der Waals surface area contributed by atoms with Crippen LogP contribution in [0.4, 0.5) is 0 Å². The maximum atomic E-state index is 12.4. The zero-order valence-corrected chi connectivity index (χ0v) is 18.7. The van der Waals surface area contributed by atoms with Gasteiger partial charge in [0.2, 0.25) is 11.6 Å². The summed E-state index contributed by atoms with van der Waals surface area (Å²) in [5.41, 5.74) is 1.46. The first kappa shape index (κ1) is 21.6. The van der Waals surface area contributed by atoms with Crippen LogP contribution in [0.5, 0.6) is 0 Å². The number of hydrogen-bond acceptors (Lipinski definition) is 13. The summed E-state index contributed by atoms with van der Waals surface area (Å²) in [6.07, 6.45) is 0. The molecular weight excluding hydrogens is 482 g/mol. The van der Waals surface area contributed by atoms with Crippen LogP contribution in [0.2, 0.25) is 0 Å². The zero-order valence-electron chi connectivity index (χ0n) is 17.1. The van der Waals surface area contributed by atoms with Crippen molar-refractivity contribution in [3.05, 3.63) is 75.0 Å². The van der Waals surface area contributed by atoms with E-state index in [1.807, 2.05) is 33.7 Å². The third-order valence-corrected chi connectivity index (χ3v) is 5.68. The highest BCUT2D eigenvalue weighted by molar-refractivity contribution is 7.08. The molecular formula is C21H13N5O6S2. The van der Waals surface area contributed by atoms with Crippen molar-refractivity contribution in [3.63, 3.8) is 0 Å². The second-order valence-corrected chi connectivity index (χ2v) is 8.17. The molecule has 0 spiro atoms. The standard InChI is InChI=1S/C21H13N5O6S2/c27-20(29-8-16-23-18(25-31-16)12-4-6-33-10-12)14-2-1-3-15(22-14)21(28)30-9-17-24-19(26-32-17)13-5-7-34-11-13/h1-7,10-11H,8-9H2. The number of esters is 2. The molecule has 11 nitrogen and oxygen atoms in total. The Morgan fingerprint density at radius 2 is 1.24 bits per heavy atom. The minimum atomic E-state index is -0.762. The van der Waals surface area contributed by atoms with Crippen molar-refractivity contribution in [2.24, 2.45) is 0 Å². The van der Waals surface area contributed by atoms with Gasteiger partial charge in [0.05, 0.1) is 0 Å². The van der Waals surface area contributed by atoms with E-state index in [0.717, 1.165) is 11.1 Å². The number of carbonyl (C=O) groups is 2. The smallest absolute Gasteiger partial charge is 0.357 e. The molecule has 0 N–H and O–H groups in total. The first-order chi connectivity index (χ1) is 16.7. The topological polar surface area (TPSA) is 143 Å². The lowest BCUT2D eigenvalue weighted by Gasteiger charge is -2.04. The van der Waals surface area contributed by atoms with E-state index in [1.165, 1.54) is 40.9 Å². The van der Waals surface area contributed by atoms with E-state index in [1.54, 1.807) is 0 Å². The van der Waals surface area contributed by atoms with Gasteiger partial charge in [0.1, 0.15) is 11.4 Å². The number of aromatic nitrogens is 5. The second kappa shape index (κ2) is 9.72. The van der Waals surface area contributed by atoms with E-state index in [9.17, 15) is 9.59 Å².